The third-order valence-electron chi connectivity index (χ3n) is 4.60. The van der Waals surface area contributed by atoms with Crippen LogP contribution in [0.2, 0.25) is 0 Å². The summed E-state index contributed by atoms with van der Waals surface area (Å²) in [6, 6.07) is 3.75. The average Bonchev–Trinajstić information content (AvgIpc) is 3.31. The molecule has 0 unspecified atom stereocenters. The molecule has 0 aliphatic heterocycles. The van der Waals surface area contributed by atoms with Gasteiger partial charge in [-0.05, 0) is 65.4 Å². The third-order valence-corrected chi connectivity index (χ3v) is 4.60. The van der Waals surface area contributed by atoms with Crippen molar-refractivity contribution in [2.75, 3.05) is 0 Å². The Bertz CT molecular complexity index is 650. The van der Waals surface area contributed by atoms with Gasteiger partial charge in [0.05, 0.1) is 11.7 Å². The van der Waals surface area contributed by atoms with Crippen LogP contribution >= 0.6 is 0 Å². The number of carbonyl (C=O) groups is 1. The lowest BCUT2D eigenvalue weighted by atomic mass is 9.91. The van der Waals surface area contributed by atoms with Crippen molar-refractivity contribution in [2.24, 2.45) is 0 Å². The standard InChI is InChI=1S/C18H27N3O3/c1-18(2,3)24-17(23)19-13-6-8-14(9-7-13)21-16(22)11-10-15(20-21)12-4-5-12/h10-14H,4-9H2,1-3H3,(H,19,23). The molecule has 1 N–H and O–H groups in total. The van der Waals surface area contributed by atoms with Gasteiger partial charge in [0.2, 0.25) is 0 Å². The van der Waals surface area contributed by atoms with Crippen molar-refractivity contribution in [1.29, 1.82) is 0 Å². The summed E-state index contributed by atoms with van der Waals surface area (Å²) in [5, 5.41) is 7.52. The number of hydrogen-bond acceptors (Lipinski definition) is 4. The Morgan fingerprint density at radius 3 is 2.42 bits per heavy atom. The smallest absolute Gasteiger partial charge is 0.407 e. The highest BCUT2D eigenvalue weighted by molar-refractivity contribution is 5.68. The minimum Gasteiger partial charge on any atom is -0.444 e. The van der Waals surface area contributed by atoms with E-state index in [2.05, 4.69) is 10.4 Å². The number of ether oxygens (including phenoxy) is 1. The van der Waals surface area contributed by atoms with Crippen LogP contribution in [0.5, 0.6) is 0 Å². The van der Waals surface area contributed by atoms with Gasteiger partial charge in [-0.2, -0.15) is 5.10 Å². The third kappa shape index (κ3) is 4.36. The van der Waals surface area contributed by atoms with Crippen molar-refractivity contribution >= 4 is 6.09 Å². The maximum Gasteiger partial charge on any atom is 0.407 e. The predicted molar refractivity (Wildman–Crippen MR) is 91.1 cm³/mol. The number of nitrogens with one attached hydrogen (secondary N) is 1. The van der Waals surface area contributed by atoms with Crippen molar-refractivity contribution < 1.29 is 9.53 Å². The molecule has 24 heavy (non-hydrogen) atoms. The Morgan fingerprint density at radius 2 is 1.83 bits per heavy atom. The van der Waals surface area contributed by atoms with E-state index in [1.165, 1.54) is 12.8 Å². The van der Waals surface area contributed by atoms with Gasteiger partial charge in [0, 0.05) is 18.0 Å². The monoisotopic (exact) mass is 333 g/mol. The largest absolute Gasteiger partial charge is 0.444 e. The van der Waals surface area contributed by atoms with Crippen LogP contribution in [0.4, 0.5) is 4.79 Å². The van der Waals surface area contributed by atoms with Gasteiger partial charge in [-0.3, -0.25) is 4.79 Å². The van der Waals surface area contributed by atoms with E-state index < -0.39 is 5.60 Å². The van der Waals surface area contributed by atoms with Crippen molar-refractivity contribution in [3.63, 3.8) is 0 Å². The van der Waals surface area contributed by atoms with Crippen LogP contribution in [0.3, 0.4) is 0 Å². The molecule has 1 amide bonds. The number of amides is 1. The van der Waals surface area contributed by atoms with Gasteiger partial charge in [-0.15, -0.1) is 0 Å². The van der Waals surface area contributed by atoms with E-state index >= 15 is 0 Å². The van der Waals surface area contributed by atoms with Crippen LogP contribution in [-0.2, 0) is 4.74 Å². The van der Waals surface area contributed by atoms with Gasteiger partial charge in [0.15, 0.2) is 0 Å². The predicted octanol–water partition coefficient (Wildman–Crippen LogP) is 3.13. The fourth-order valence-electron chi connectivity index (χ4n) is 3.24. The Morgan fingerprint density at radius 1 is 1.17 bits per heavy atom. The maximum absolute atomic E-state index is 12.1. The van der Waals surface area contributed by atoms with Gasteiger partial charge in [-0.25, -0.2) is 9.48 Å². The Hall–Kier alpha value is -1.85. The number of hydrogen-bond donors (Lipinski definition) is 1. The molecule has 6 heteroatoms. The fourth-order valence-corrected chi connectivity index (χ4v) is 3.24. The number of carbonyl (C=O) groups excluding carboxylic acids is 1. The lowest BCUT2D eigenvalue weighted by molar-refractivity contribution is 0.0487. The van der Waals surface area contributed by atoms with Crippen LogP contribution < -0.4 is 10.9 Å². The van der Waals surface area contributed by atoms with E-state index in [0.29, 0.717) is 5.92 Å². The normalized spacial score (nSPS) is 24.5. The van der Waals surface area contributed by atoms with E-state index in [1.807, 2.05) is 26.8 Å². The molecule has 0 atom stereocenters. The van der Waals surface area contributed by atoms with E-state index in [4.69, 9.17) is 4.74 Å². The first-order valence-electron chi connectivity index (χ1n) is 8.91. The number of alkyl carbamates (subject to hydrolysis) is 1. The molecule has 6 nitrogen and oxygen atoms in total. The average molecular weight is 333 g/mol. The second-order valence-corrected chi connectivity index (χ2v) is 7.97. The van der Waals surface area contributed by atoms with Gasteiger partial charge in [0.25, 0.3) is 5.56 Å². The molecule has 0 aromatic carbocycles. The Balaban J connectivity index is 1.56. The molecule has 0 spiro atoms. The van der Waals surface area contributed by atoms with E-state index in [-0.39, 0.29) is 23.7 Å². The lowest BCUT2D eigenvalue weighted by Gasteiger charge is -2.30. The molecular weight excluding hydrogens is 306 g/mol. The van der Waals surface area contributed by atoms with Gasteiger partial charge in [0.1, 0.15) is 5.60 Å². The molecule has 0 bridgehead atoms. The summed E-state index contributed by atoms with van der Waals surface area (Å²) in [6.07, 6.45) is 5.37. The molecule has 0 saturated heterocycles. The molecule has 1 aromatic heterocycles. The Kier molecular flexibility index (Phi) is 4.65. The number of aromatic nitrogens is 2. The molecule has 132 valence electrons. The quantitative estimate of drug-likeness (QED) is 0.922. The van der Waals surface area contributed by atoms with Crippen LogP contribution in [-0.4, -0.2) is 27.5 Å². The first-order valence-corrected chi connectivity index (χ1v) is 8.91. The van der Waals surface area contributed by atoms with Crippen LogP contribution in [0.25, 0.3) is 0 Å². The fraction of sp³-hybridized carbons (Fsp3) is 0.722. The zero-order valence-electron chi connectivity index (χ0n) is 14.7. The summed E-state index contributed by atoms with van der Waals surface area (Å²) in [5.41, 5.74) is 0.536. The molecule has 0 radical (unpaired) electrons. The van der Waals surface area contributed by atoms with Crippen molar-refractivity contribution in [1.82, 2.24) is 15.1 Å². The number of nitrogens with zero attached hydrogens (tertiary/aromatic N) is 2. The van der Waals surface area contributed by atoms with Crippen LogP contribution in [0.1, 0.15) is 76.9 Å². The van der Waals surface area contributed by atoms with E-state index in [1.54, 1.807) is 10.7 Å². The summed E-state index contributed by atoms with van der Waals surface area (Å²) in [4.78, 5) is 24.0. The molecule has 2 fully saturated rings. The zero-order valence-corrected chi connectivity index (χ0v) is 14.7. The Labute approximate surface area is 142 Å². The molecule has 2 saturated carbocycles. The molecular formula is C18H27N3O3. The van der Waals surface area contributed by atoms with E-state index in [9.17, 15) is 9.59 Å². The van der Waals surface area contributed by atoms with Crippen LogP contribution in [0.15, 0.2) is 16.9 Å². The molecule has 1 heterocycles. The summed E-state index contributed by atoms with van der Waals surface area (Å²) in [5.74, 6) is 0.544. The van der Waals surface area contributed by atoms with Crippen LogP contribution in [0, 0.1) is 0 Å². The highest BCUT2D eigenvalue weighted by atomic mass is 16.6. The number of rotatable bonds is 3. The van der Waals surface area contributed by atoms with Crippen molar-refractivity contribution in [3.8, 4) is 0 Å². The van der Waals surface area contributed by atoms with Gasteiger partial charge in [-0.1, -0.05) is 0 Å². The molecule has 2 aliphatic carbocycles. The molecule has 1 aromatic rings. The zero-order chi connectivity index (χ0) is 17.3. The van der Waals surface area contributed by atoms with Gasteiger partial charge >= 0.3 is 6.09 Å². The maximum atomic E-state index is 12.1. The summed E-state index contributed by atoms with van der Waals surface area (Å²) in [6.45, 7) is 5.57. The molecule has 2 aliphatic rings. The summed E-state index contributed by atoms with van der Waals surface area (Å²) >= 11 is 0. The summed E-state index contributed by atoms with van der Waals surface area (Å²) < 4.78 is 6.97. The second kappa shape index (κ2) is 6.57. The SMILES string of the molecule is CC(C)(C)OC(=O)NC1CCC(n2nc(C3CC3)ccc2=O)CC1. The van der Waals surface area contributed by atoms with Crippen molar-refractivity contribution in [2.45, 2.75) is 82.9 Å². The highest BCUT2D eigenvalue weighted by Gasteiger charge is 2.29. The first kappa shape index (κ1) is 17.0. The molecule has 3 rings (SSSR count). The topological polar surface area (TPSA) is 73.2 Å². The highest BCUT2D eigenvalue weighted by Crippen LogP contribution is 2.38. The summed E-state index contributed by atoms with van der Waals surface area (Å²) in [7, 11) is 0. The van der Waals surface area contributed by atoms with E-state index in [0.717, 1.165) is 31.4 Å². The first-order chi connectivity index (χ1) is 11.3. The second-order valence-electron chi connectivity index (χ2n) is 7.97. The minimum atomic E-state index is -0.484. The van der Waals surface area contributed by atoms with Crippen molar-refractivity contribution in [3.05, 3.63) is 28.2 Å². The van der Waals surface area contributed by atoms with Gasteiger partial charge < -0.3 is 10.1 Å². The minimum absolute atomic E-state index is 0.0250. The lowest BCUT2D eigenvalue weighted by Crippen LogP contribution is -2.42.